The van der Waals surface area contributed by atoms with Gasteiger partial charge in [0.25, 0.3) is 5.91 Å². The summed E-state index contributed by atoms with van der Waals surface area (Å²) in [4.78, 5) is 32.6. The molecule has 1 N–H and O–H groups in total. The first kappa shape index (κ1) is 25.1. The molecule has 2 heterocycles. The fraction of sp³-hybridized carbons (Fsp3) is 0.667. The van der Waals surface area contributed by atoms with Crippen molar-refractivity contribution in [3.05, 3.63) is 17.7 Å². The SMILES string of the molecule is COc1cc(C(=O)N(CCN2CCCCC2C)CC(=O)N2CCNCC2)cc(OC)c1OC. The number of carbonyl (C=O) groups is 2. The van der Waals surface area contributed by atoms with E-state index < -0.39 is 0 Å². The first-order valence-electron chi connectivity index (χ1n) is 11.8. The molecule has 0 bridgehead atoms. The molecule has 0 spiro atoms. The Kier molecular flexibility index (Phi) is 9.20. The highest BCUT2D eigenvalue weighted by Crippen LogP contribution is 2.38. The molecule has 9 nitrogen and oxygen atoms in total. The molecule has 0 radical (unpaired) electrons. The number of amides is 2. The summed E-state index contributed by atoms with van der Waals surface area (Å²) >= 11 is 0. The Morgan fingerprint density at radius 1 is 1.03 bits per heavy atom. The molecule has 2 amide bonds. The van der Waals surface area contributed by atoms with E-state index in [9.17, 15) is 9.59 Å². The van der Waals surface area contributed by atoms with Crippen LogP contribution in [-0.4, -0.2) is 106 Å². The number of ether oxygens (including phenoxy) is 3. The van der Waals surface area contributed by atoms with Gasteiger partial charge in [0.15, 0.2) is 11.5 Å². The summed E-state index contributed by atoms with van der Waals surface area (Å²) < 4.78 is 16.2. The summed E-state index contributed by atoms with van der Waals surface area (Å²) in [7, 11) is 4.57. The zero-order valence-electron chi connectivity index (χ0n) is 20.4. The van der Waals surface area contributed by atoms with E-state index in [1.165, 1.54) is 40.6 Å². The van der Waals surface area contributed by atoms with E-state index in [0.717, 1.165) is 26.2 Å². The van der Waals surface area contributed by atoms with Crippen molar-refractivity contribution in [2.75, 3.05) is 73.7 Å². The van der Waals surface area contributed by atoms with Crippen molar-refractivity contribution < 1.29 is 23.8 Å². The van der Waals surface area contributed by atoms with Crippen molar-refractivity contribution in [3.8, 4) is 17.2 Å². The number of hydrogen-bond donors (Lipinski definition) is 1. The van der Waals surface area contributed by atoms with Crippen LogP contribution in [0.4, 0.5) is 0 Å². The summed E-state index contributed by atoms with van der Waals surface area (Å²) in [5.74, 6) is 1.02. The quantitative estimate of drug-likeness (QED) is 0.595. The Labute approximate surface area is 196 Å². The molecule has 1 aromatic carbocycles. The molecule has 0 aliphatic carbocycles. The second-order valence-electron chi connectivity index (χ2n) is 8.65. The Bertz CT molecular complexity index is 787. The second-order valence-corrected chi connectivity index (χ2v) is 8.65. The van der Waals surface area contributed by atoms with E-state index in [-0.39, 0.29) is 18.4 Å². The maximum absolute atomic E-state index is 13.6. The molecule has 2 aliphatic heterocycles. The van der Waals surface area contributed by atoms with Crippen molar-refractivity contribution in [2.45, 2.75) is 32.2 Å². The average molecular weight is 463 g/mol. The number of piperidine rings is 1. The molecule has 33 heavy (non-hydrogen) atoms. The van der Waals surface area contributed by atoms with Crippen LogP contribution in [0.1, 0.15) is 36.5 Å². The maximum atomic E-state index is 13.6. The molecule has 1 aromatic rings. The van der Waals surface area contributed by atoms with Crippen LogP contribution in [0.5, 0.6) is 17.2 Å². The van der Waals surface area contributed by atoms with Gasteiger partial charge in [0, 0.05) is 50.9 Å². The number of nitrogens with zero attached hydrogens (tertiary/aromatic N) is 3. The van der Waals surface area contributed by atoms with Gasteiger partial charge in [0.05, 0.1) is 21.3 Å². The Hall–Kier alpha value is -2.52. The zero-order chi connectivity index (χ0) is 23.8. The monoisotopic (exact) mass is 462 g/mol. The lowest BCUT2D eigenvalue weighted by atomic mass is 10.0. The van der Waals surface area contributed by atoms with Crippen molar-refractivity contribution in [1.82, 2.24) is 20.0 Å². The van der Waals surface area contributed by atoms with Gasteiger partial charge in [-0.3, -0.25) is 14.5 Å². The number of benzene rings is 1. The van der Waals surface area contributed by atoms with Gasteiger partial charge in [-0.25, -0.2) is 0 Å². The lowest BCUT2D eigenvalue weighted by Gasteiger charge is -2.36. The summed E-state index contributed by atoms with van der Waals surface area (Å²) in [6, 6.07) is 3.78. The van der Waals surface area contributed by atoms with Gasteiger partial charge >= 0.3 is 0 Å². The first-order valence-corrected chi connectivity index (χ1v) is 11.8. The highest BCUT2D eigenvalue weighted by molar-refractivity contribution is 5.97. The van der Waals surface area contributed by atoms with Crippen LogP contribution in [0.3, 0.4) is 0 Å². The highest BCUT2D eigenvalue weighted by atomic mass is 16.5. The number of carbonyl (C=O) groups excluding carboxylic acids is 2. The Balaban J connectivity index is 1.82. The average Bonchev–Trinajstić information content (AvgIpc) is 2.86. The van der Waals surface area contributed by atoms with E-state index in [2.05, 4.69) is 17.1 Å². The van der Waals surface area contributed by atoms with Crippen molar-refractivity contribution >= 4 is 11.8 Å². The van der Waals surface area contributed by atoms with E-state index in [4.69, 9.17) is 14.2 Å². The van der Waals surface area contributed by atoms with Gasteiger partial charge in [-0.05, 0) is 38.4 Å². The third-order valence-corrected chi connectivity index (χ3v) is 6.59. The number of methoxy groups -OCH3 is 3. The number of likely N-dealkylation sites (tertiary alicyclic amines) is 1. The summed E-state index contributed by atoms with van der Waals surface area (Å²) in [6.07, 6.45) is 3.58. The van der Waals surface area contributed by atoms with Crippen molar-refractivity contribution in [2.24, 2.45) is 0 Å². The lowest BCUT2D eigenvalue weighted by molar-refractivity contribution is -0.132. The lowest BCUT2D eigenvalue weighted by Crippen LogP contribution is -2.51. The predicted octanol–water partition coefficient (Wildman–Crippen LogP) is 1.46. The molecule has 184 valence electrons. The molecule has 0 saturated carbocycles. The van der Waals surface area contributed by atoms with Crippen LogP contribution in [0.2, 0.25) is 0 Å². The third kappa shape index (κ3) is 6.29. The number of rotatable bonds is 9. The third-order valence-electron chi connectivity index (χ3n) is 6.59. The van der Waals surface area contributed by atoms with Crippen LogP contribution >= 0.6 is 0 Å². The van der Waals surface area contributed by atoms with Crippen LogP contribution in [0, 0.1) is 0 Å². The van der Waals surface area contributed by atoms with E-state index >= 15 is 0 Å². The molecule has 9 heteroatoms. The minimum atomic E-state index is -0.220. The van der Waals surface area contributed by atoms with Gasteiger partial charge in [-0.2, -0.15) is 0 Å². The zero-order valence-corrected chi connectivity index (χ0v) is 20.4. The predicted molar refractivity (Wildman–Crippen MR) is 126 cm³/mol. The van der Waals surface area contributed by atoms with Crippen LogP contribution in [-0.2, 0) is 4.79 Å². The molecule has 2 aliphatic rings. The standard InChI is InChI=1S/C24H38N4O5/c1-18-7-5-6-10-26(18)13-14-28(17-22(29)27-11-8-25-9-12-27)24(30)19-15-20(31-2)23(33-4)21(16-19)32-3/h15-16,18,25H,5-14,17H2,1-4H3. The summed E-state index contributed by atoms with van der Waals surface area (Å²) in [6.45, 7) is 7.41. The number of piperazine rings is 1. The van der Waals surface area contributed by atoms with Crippen molar-refractivity contribution in [1.29, 1.82) is 0 Å². The highest BCUT2D eigenvalue weighted by Gasteiger charge is 2.27. The first-order chi connectivity index (χ1) is 16.0. The number of hydrogen-bond acceptors (Lipinski definition) is 7. The van der Waals surface area contributed by atoms with Gasteiger partial charge in [0.1, 0.15) is 6.54 Å². The molecular weight excluding hydrogens is 424 g/mol. The Morgan fingerprint density at radius 2 is 1.70 bits per heavy atom. The molecule has 1 unspecified atom stereocenters. The molecular formula is C24H38N4O5. The largest absolute Gasteiger partial charge is 0.493 e. The minimum Gasteiger partial charge on any atom is -0.493 e. The molecule has 3 rings (SSSR count). The minimum absolute atomic E-state index is 0.0241. The van der Waals surface area contributed by atoms with Crippen LogP contribution < -0.4 is 19.5 Å². The van der Waals surface area contributed by atoms with Gasteiger partial charge in [-0.15, -0.1) is 0 Å². The fourth-order valence-corrected chi connectivity index (χ4v) is 4.56. The van der Waals surface area contributed by atoms with E-state index in [0.29, 0.717) is 48.5 Å². The van der Waals surface area contributed by atoms with Gasteiger partial charge in [0.2, 0.25) is 11.7 Å². The molecule has 0 aromatic heterocycles. The summed E-state index contributed by atoms with van der Waals surface area (Å²) in [5.41, 5.74) is 0.407. The normalized spacial score (nSPS) is 19.2. The number of nitrogens with one attached hydrogen (secondary N) is 1. The van der Waals surface area contributed by atoms with Crippen LogP contribution in [0.15, 0.2) is 12.1 Å². The maximum Gasteiger partial charge on any atom is 0.254 e. The van der Waals surface area contributed by atoms with Gasteiger partial charge < -0.3 is 29.3 Å². The molecule has 1 atom stereocenters. The van der Waals surface area contributed by atoms with E-state index in [1.54, 1.807) is 17.0 Å². The Morgan fingerprint density at radius 3 is 2.27 bits per heavy atom. The smallest absolute Gasteiger partial charge is 0.254 e. The molecule has 2 saturated heterocycles. The molecule has 2 fully saturated rings. The van der Waals surface area contributed by atoms with Gasteiger partial charge in [-0.1, -0.05) is 6.42 Å². The fourth-order valence-electron chi connectivity index (χ4n) is 4.56. The van der Waals surface area contributed by atoms with E-state index in [1.807, 2.05) is 4.90 Å². The van der Waals surface area contributed by atoms with Crippen LogP contribution in [0.25, 0.3) is 0 Å². The van der Waals surface area contributed by atoms with Crippen molar-refractivity contribution in [3.63, 3.8) is 0 Å². The second kappa shape index (κ2) is 12.1. The summed E-state index contributed by atoms with van der Waals surface area (Å²) in [5, 5.41) is 3.26. The topological polar surface area (TPSA) is 83.6 Å².